The molecule has 28 heavy (non-hydrogen) atoms. The highest BCUT2D eigenvalue weighted by molar-refractivity contribution is 6.30. The summed E-state index contributed by atoms with van der Waals surface area (Å²) in [6.45, 7) is 4.27. The van der Waals surface area contributed by atoms with Crippen LogP contribution in [-0.2, 0) is 9.59 Å². The molecule has 2 aromatic carbocycles. The van der Waals surface area contributed by atoms with Crippen molar-refractivity contribution in [1.29, 1.82) is 0 Å². The van der Waals surface area contributed by atoms with Crippen molar-refractivity contribution in [3.63, 3.8) is 0 Å². The summed E-state index contributed by atoms with van der Waals surface area (Å²) < 4.78 is 5.89. The van der Waals surface area contributed by atoms with Gasteiger partial charge in [0.15, 0.2) is 11.4 Å². The van der Waals surface area contributed by atoms with Crippen molar-refractivity contribution in [2.75, 3.05) is 13.1 Å². The van der Waals surface area contributed by atoms with Crippen LogP contribution in [0.2, 0.25) is 5.02 Å². The number of likely N-dealkylation sites (tertiary alicyclic amines) is 1. The van der Waals surface area contributed by atoms with E-state index in [9.17, 15) is 14.4 Å². The highest BCUT2D eigenvalue weighted by atomic mass is 35.5. The van der Waals surface area contributed by atoms with Crippen molar-refractivity contribution >= 4 is 29.1 Å². The zero-order valence-electron chi connectivity index (χ0n) is 15.9. The third-order valence-corrected chi connectivity index (χ3v) is 4.97. The summed E-state index contributed by atoms with van der Waals surface area (Å²) in [6.07, 6.45) is 0.784. The van der Waals surface area contributed by atoms with Crippen LogP contribution in [0.4, 0.5) is 0 Å². The van der Waals surface area contributed by atoms with Crippen molar-refractivity contribution in [3.8, 4) is 5.75 Å². The standard InChI is InChI=1S/C22H22ClNO4/c1-22(2,21(27)24-13-11-18(25)12-14-24)28-19-9-5-16(6-10-19)20(26)15-3-7-17(23)8-4-15/h3-10H,11-14H2,1-2H3. The van der Waals surface area contributed by atoms with Crippen LogP contribution < -0.4 is 4.74 Å². The Labute approximate surface area is 169 Å². The van der Waals surface area contributed by atoms with E-state index in [0.717, 1.165) is 0 Å². The van der Waals surface area contributed by atoms with E-state index >= 15 is 0 Å². The third-order valence-electron chi connectivity index (χ3n) is 4.72. The normalized spacial score (nSPS) is 14.7. The summed E-state index contributed by atoms with van der Waals surface area (Å²) >= 11 is 5.86. The first kappa shape index (κ1) is 20.1. The molecule has 0 atom stereocenters. The number of carbonyl (C=O) groups excluding carboxylic acids is 3. The Bertz CT molecular complexity index is 878. The number of nitrogens with zero attached hydrogens (tertiary/aromatic N) is 1. The van der Waals surface area contributed by atoms with Gasteiger partial charge in [0.2, 0.25) is 0 Å². The van der Waals surface area contributed by atoms with E-state index in [1.54, 1.807) is 67.3 Å². The fourth-order valence-electron chi connectivity index (χ4n) is 3.12. The number of Topliss-reactive ketones (excluding diaryl/α,β-unsaturated/α-hetero) is 1. The van der Waals surface area contributed by atoms with E-state index in [4.69, 9.17) is 16.3 Å². The van der Waals surface area contributed by atoms with E-state index in [-0.39, 0.29) is 17.5 Å². The van der Waals surface area contributed by atoms with Crippen LogP contribution in [0.15, 0.2) is 48.5 Å². The topological polar surface area (TPSA) is 63.7 Å². The molecule has 1 fully saturated rings. The fourth-order valence-corrected chi connectivity index (χ4v) is 3.25. The minimum absolute atomic E-state index is 0.114. The number of amides is 1. The van der Waals surface area contributed by atoms with E-state index < -0.39 is 5.60 Å². The molecule has 0 aliphatic carbocycles. The molecule has 1 heterocycles. The fraction of sp³-hybridized carbons (Fsp3) is 0.318. The number of benzene rings is 2. The molecule has 0 bridgehead atoms. The van der Waals surface area contributed by atoms with Crippen molar-refractivity contribution < 1.29 is 19.1 Å². The van der Waals surface area contributed by atoms with Gasteiger partial charge in [-0.05, 0) is 62.4 Å². The quantitative estimate of drug-likeness (QED) is 0.715. The first-order chi connectivity index (χ1) is 13.3. The Morgan fingerprint density at radius 1 is 0.929 bits per heavy atom. The second-order valence-corrected chi connectivity index (χ2v) is 7.74. The highest BCUT2D eigenvalue weighted by Crippen LogP contribution is 2.23. The second-order valence-electron chi connectivity index (χ2n) is 7.30. The van der Waals surface area contributed by atoms with Crippen molar-refractivity contribution in [2.24, 2.45) is 0 Å². The number of ketones is 2. The molecular weight excluding hydrogens is 378 g/mol. The average molecular weight is 400 g/mol. The Hall–Kier alpha value is -2.66. The van der Waals surface area contributed by atoms with Crippen LogP contribution in [0.3, 0.4) is 0 Å². The molecule has 0 spiro atoms. The molecule has 5 nitrogen and oxygen atoms in total. The van der Waals surface area contributed by atoms with Crippen LogP contribution in [0, 0.1) is 0 Å². The van der Waals surface area contributed by atoms with Gasteiger partial charge in [-0.1, -0.05) is 11.6 Å². The van der Waals surface area contributed by atoms with Gasteiger partial charge in [0.05, 0.1) is 0 Å². The summed E-state index contributed by atoms with van der Waals surface area (Å²) in [5.41, 5.74) is 0.00353. The van der Waals surface area contributed by atoms with Gasteiger partial charge in [0, 0.05) is 42.1 Å². The number of hydrogen-bond donors (Lipinski definition) is 0. The minimum atomic E-state index is -1.07. The maximum Gasteiger partial charge on any atom is 0.266 e. The Morgan fingerprint density at radius 2 is 1.43 bits per heavy atom. The number of piperidine rings is 1. The highest BCUT2D eigenvalue weighted by Gasteiger charge is 2.35. The molecule has 2 aromatic rings. The van der Waals surface area contributed by atoms with Crippen LogP contribution in [0.1, 0.15) is 42.6 Å². The van der Waals surface area contributed by atoms with Crippen LogP contribution in [0.5, 0.6) is 5.75 Å². The molecule has 0 N–H and O–H groups in total. The Balaban J connectivity index is 1.67. The summed E-state index contributed by atoms with van der Waals surface area (Å²) in [5, 5.41) is 0.574. The van der Waals surface area contributed by atoms with Gasteiger partial charge in [0.1, 0.15) is 11.5 Å². The van der Waals surface area contributed by atoms with Gasteiger partial charge in [-0.2, -0.15) is 0 Å². The summed E-state index contributed by atoms with van der Waals surface area (Å²) in [4.78, 5) is 38.3. The third kappa shape index (κ3) is 4.60. The molecular formula is C22H22ClNO4. The molecule has 1 saturated heterocycles. The molecule has 0 aromatic heterocycles. The van der Waals surface area contributed by atoms with Gasteiger partial charge in [-0.25, -0.2) is 0 Å². The lowest BCUT2D eigenvalue weighted by Gasteiger charge is -2.34. The first-order valence-electron chi connectivity index (χ1n) is 9.17. The van der Waals surface area contributed by atoms with Crippen LogP contribution >= 0.6 is 11.6 Å². The molecule has 0 radical (unpaired) electrons. The zero-order chi connectivity index (χ0) is 20.3. The summed E-state index contributed by atoms with van der Waals surface area (Å²) in [6, 6.07) is 13.4. The van der Waals surface area contributed by atoms with E-state index in [0.29, 0.717) is 47.8 Å². The molecule has 3 rings (SSSR count). The Morgan fingerprint density at radius 3 is 1.96 bits per heavy atom. The summed E-state index contributed by atoms with van der Waals surface area (Å²) in [7, 11) is 0. The predicted octanol–water partition coefficient (Wildman–Crippen LogP) is 3.92. The van der Waals surface area contributed by atoms with Gasteiger partial charge in [-0.3, -0.25) is 14.4 Å². The van der Waals surface area contributed by atoms with Gasteiger partial charge >= 0.3 is 0 Å². The van der Waals surface area contributed by atoms with Gasteiger partial charge < -0.3 is 9.64 Å². The second kappa shape index (κ2) is 8.15. The molecule has 1 aliphatic heterocycles. The van der Waals surface area contributed by atoms with Crippen molar-refractivity contribution in [2.45, 2.75) is 32.3 Å². The van der Waals surface area contributed by atoms with E-state index in [1.807, 2.05) is 0 Å². The smallest absolute Gasteiger partial charge is 0.266 e. The number of hydrogen-bond acceptors (Lipinski definition) is 4. The van der Waals surface area contributed by atoms with Crippen LogP contribution in [0.25, 0.3) is 0 Å². The lowest BCUT2D eigenvalue weighted by Crippen LogP contribution is -2.51. The molecule has 146 valence electrons. The molecule has 1 aliphatic rings. The predicted molar refractivity (Wildman–Crippen MR) is 107 cm³/mol. The lowest BCUT2D eigenvalue weighted by atomic mass is 10.0. The maximum atomic E-state index is 12.7. The largest absolute Gasteiger partial charge is 0.478 e. The zero-order valence-corrected chi connectivity index (χ0v) is 16.7. The molecule has 0 unspecified atom stereocenters. The van der Waals surface area contributed by atoms with Gasteiger partial charge in [0.25, 0.3) is 5.91 Å². The molecule has 0 saturated carbocycles. The van der Waals surface area contributed by atoms with E-state index in [2.05, 4.69) is 0 Å². The lowest BCUT2D eigenvalue weighted by molar-refractivity contribution is -0.147. The number of ether oxygens (including phenoxy) is 1. The monoisotopic (exact) mass is 399 g/mol. The van der Waals surface area contributed by atoms with Crippen LogP contribution in [-0.4, -0.2) is 41.1 Å². The van der Waals surface area contributed by atoms with Gasteiger partial charge in [-0.15, -0.1) is 0 Å². The molecule has 6 heteroatoms. The van der Waals surface area contributed by atoms with Crippen molar-refractivity contribution in [1.82, 2.24) is 4.90 Å². The number of rotatable bonds is 5. The number of halogens is 1. The average Bonchev–Trinajstić information content (AvgIpc) is 2.68. The first-order valence-corrected chi connectivity index (χ1v) is 9.54. The SMILES string of the molecule is CC(C)(Oc1ccc(C(=O)c2ccc(Cl)cc2)cc1)C(=O)N1CCC(=O)CC1. The maximum absolute atomic E-state index is 12.7. The summed E-state index contributed by atoms with van der Waals surface area (Å²) in [5.74, 6) is 0.417. The Kier molecular flexibility index (Phi) is 5.84. The minimum Gasteiger partial charge on any atom is -0.478 e. The molecule has 1 amide bonds. The van der Waals surface area contributed by atoms with E-state index in [1.165, 1.54) is 0 Å². The van der Waals surface area contributed by atoms with Crippen molar-refractivity contribution in [3.05, 3.63) is 64.7 Å². The number of carbonyl (C=O) groups is 3.